The quantitative estimate of drug-likeness (QED) is 0.355. The number of aryl methyl sites for hydroxylation is 1. The predicted molar refractivity (Wildman–Crippen MR) is 123 cm³/mol. The molecule has 3 aromatic rings. The Labute approximate surface area is 190 Å². The molecule has 2 fully saturated rings. The van der Waals surface area contributed by atoms with E-state index < -0.39 is 23.3 Å². The summed E-state index contributed by atoms with van der Waals surface area (Å²) in [6, 6.07) is 2.27. The molecule has 3 heterocycles. The average Bonchev–Trinajstić information content (AvgIpc) is 3.32. The Kier molecular flexibility index (Phi) is 5.08. The minimum absolute atomic E-state index is 0.278. The molecule has 3 aromatic heterocycles. The molecule has 0 saturated heterocycles. The lowest BCUT2D eigenvalue weighted by Crippen LogP contribution is -2.51. The molecular formula is C22H28N6O3S. The number of anilines is 2. The zero-order chi connectivity index (χ0) is 22.7. The Morgan fingerprint density at radius 1 is 1.19 bits per heavy atom. The van der Waals surface area contributed by atoms with Crippen molar-refractivity contribution in [1.82, 2.24) is 19.9 Å². The predicted octanol–water partition coefficient (Wildman–Crippen LogP) is 2.67. The summed E-state index contributed by atoms with van der Waals surface area (Å²) >= 11 is 1.50. The SMILES string of the molecule is Cc1nc(NC2CC2)nc(NC2(O)CCC(C(C)(C)O)C2O)c1-c1nc2cnccc2s1. The molecule has 0 aliphatic heterocycles. The molecule has 0 bridgehead atoms. The van der Waals surface area contributed by atoms with Crippen LogP contribution in [0.25, 0.3) is 20.8 Å². The highest BCUT2D eigenvalue weighted by Gasteiger charge is 2.52. The van der Waals surface area contributed by atoms with Crippen molar-refractivity contribution in [3.8, 4) is 10.6 Å². The van der Waals surface area contributed by atoms with E-state index in [0.29, 0.717) is 40.5 Å². The topological polar surface area (TPSA) is 136 Å². The monoisotopic (exact) mass is 456 g/mol. The highest BCUT2D eigenvalue weighted by molar-refractivity contribution is 7.21. The number of rotatable bonds is 6. The fourth-order valence-corrected chi connectivity index (χ4v) is 5.41. The molecule has 5 rings (SSSR count). The number of hydrogen-bond donors (Lipinski definition) is 5. The van der Waals surface area contributed by atoms with Crippen LogP contribution in [0.1, 0.15) is 45.2 Å². The minimum Gasteiger partial charge on any atom is -0.390 e. The van der Waals surface area contributed by atoms with Gasteiger partial charge in [0.15, 0.2) is 5.72 Å². The molecule has 9 nitrogen and oxygen atoms in total. The molecule has 10 heteroatoms. The lowest BCUT2D eigenvalue weighted by molar-refractivity contribution is -0.0926. The lowest BCUT2D eigenvalue weighted by atomic mass is 9.87. The third-order valence-corrected chi connectivity index (χ3v) is 7.41. The molecule has 0 spiro atoms. The molecule has 0 amide bonds. The van der Waals surface area contributed by atoms with Crippen molar-refractivity contribution < 1.29 is 15.3 Å². The summed E-state index contributed by atoms with van der Waals surface area (Å²) in [4.78, 5) is 18.2. The normalized spacial score (nSPS) is 25.9. The van der Waals surface area contributed by atoms with Crippen molar-refractivity contribution in [2.24, 2.45) is 5.92 Å². The van der Waals surface area contributed by atoms with E-state index in [2.05, 4.69) is 25.6 Å². The van der Waals surface area contributed by atoms with E-state index in [1.807, 2.05) is 13.0 Å². The van der Waals surface area contributed by atoms with Crippen molar-refractivity contribution in [2.75, 3.05) is 10.6 Å². The first-order valence-electron chi connectivity index (χ1n) is 10.9. The van der Waals surface area contributed by atoms with Crippen molar-refractivity contribution in [3.63, 3.8) is 0 Å². The third kappa shape index (κ3) is 3.92. The number of thiazole rings is 1. The maximum absolute atomic E-state index is 11.4. The lowest BCUT2D eigenvalue weighted by Gasteiger charge is -2.34. The van der Waals surface area contributed by atoms with Gasteiger partial charge in [0.1, 0.15) is 22.4 Å². The van der Waals surface area contributed by atoms with Crippen LogP contribution >= 0.6 is 11.3 Å². The smallest absolute Gasteiger partial charge is 0.225 e. The summed E-state index contributed by atoms with van der Waals surface area (Å²) in [5, 5.41) is 39.9. The van der Waals surface area contributed by atoms with Gasteiger partial charge >= 0.3 is 0 Å². The summed E-state index contributed by atoms with van der Waals surface area (Å²) in [5.74, 6) is 0.420. The van der Waals surface area contributed by atoms with E-state index in [-0.39, 0.29) is 6.42 Å². The Morgan fingerprint density at radius 2 is 1.97 bits per heavy atom. The third-order valence-electron chi connectivity index (χ3n) is 6.35. The highest BCUT2D eigenvalue weighted by atomic mass is 32.1. The van der Waals surface area contributed by atoms with Crippen LogP contribution in [0, 0.1) is 12.8 Å². The fraction of sp³-hybridized carbons (Fsp3) is 0.545. The number of nitrogens with zero attached hydrogens (tertiary/aromatic N) is 4. The molecule has 32 heavy (non-hydrogen) atoms. The Morgan fingerprint density at radius 3 is 2.62 bits per heavy atom. The van der Waals surface area contributed by atoms with Gasteiger partial charge in [-0.1, -0.05) is 0 Å². The van der Waals surface area contributed by atoms with E-state index in [9.17, 15) is 15.3 Å². The van der Waals surface area contributed by atoms with E-state index in [1.165, 1.54) is 11.3 Å². The van der Waals surface area contributed by atoms with Gasteiger partial charge in [-0.15, -0.1) is 11.3 Å². The van der Waals surface area contributed by atoms with Crippen LogP contribution < -0.4 is 10.6 Å². The molecule has 0 aromatic carbocycles. The summed E-state index contributed by atoms with van der Waals surface area (Å²) in [6.07, 6.45) is 5.19. The number of aliphatic hydroxyl groups is 3. The van der Waals surface area contributed by atoms with Crippen LogP contribution in [-0.2, 0) is 0 Å². The van der Waals surface area contributed by atoms with Crippen LogP contribution in [0.2, 0.25) is 0 Å². The van der Waals surface area contributed by atoms with Gasteiger partial charge in [0.05, 0.1) is 27.8 Å². The van der Waals surface area contributed by atoms with Crippen LogP contribution in [0.5, 0.6) is 0 Å². The van der Waals surface area contributed by atoms with Gasteiger partial charge in [0.2, 0.25) is 5.95 Å². The molecule has 5 N–H and O–H groups in total. The van der Waals surface area contributed by atoms with Gasteiger partial charge in [0.25, 0.3) is 0 Å². The second-order valence-corrected chi connectivity index (χ2v) is 10.5. The molecule has 170 valence electrons. The van der Waals surface area contributed by atoms with Crippen LogP contribution in [0.15, 0.2) is 18.5 Å². The summed E-state index contributed by atoms with van der Waals surface area (Å²) in [5.41, 5.74) is -0.572. The maximum Gasteiger partial charge on any atom is 0.225 e. The van der Waals surface area contributed by atoms with Gasteiger partial charge in [-0.2, -0.15) is 4.98 Å². The second kappa shape index (κ2) is 7.58. The van der Waals surface area contributed by atoms with Gasteiger partial charge < -0.3 is 26.0 Å². The zero-order valence-corrected chi connectivity index (χ0v) is 19.1. The van der Waals surface area contributed by atoms with Crippen LogP contribution in [0.4, 0.5) is 11.8 Å². The molecule has 3 unspecified atom stereocenters. The number of fused-ring (bicyclic) bond motifs is 1. The van der Waals surface area contributed by atoms with Crippen LogP contribution in [0.3, 0.4) is 0 Å². The van der Waals surface area contributed by atoms with Crippen molar-refractivity contribution in [1.29, 1.82) is 0 Å². The summed E-state index contributed by atoms with van der Waals surface area (Å²) in [7, 11) is 0. The first-order valence-corrected chi connectivity index (χ1v) is 11.7. The van der Waals surface area contributed by atoms with Crippen molar-refractivity contribution in [2.45, 2.75) is 69.9 Å². The standard InChI is InChI=1S/C22H28N6O3S/c1-11-16(19-26-14-10-23-9-7-15(14)32-19)18(27-20(24-11)25-12-4-5-12)28-22(31)8-6-13(17(22)29)21(2,3)30/h7,9-10,12-13,17,29-31H,4-6,8H2,1-3H3,(H2,24,25,27,28). The molecule has 2 saturated carbocycles. The summed E-state index contributed by atoms with van der Waals surface area (Å²) in [6.45, 7) is 5.19. The molecule has 3 atom stereocenters. The van der Waals surface area contributed by atoms with Gasteiger partial charge in [-0.05, 0) is 52.5 Å². The number of hydrogen-bond acceptors (Lipinski definition) is 10. The first-order chi connectivity index (χ1) is 15.1. The zero-order valence-electron chi connectivity index (χ0n) is 18.3. The Balaban J connectivity index is 1.57. The van der Waals surface area contributed by atoms with Crippen molar-refractivity contribution >= 4 is 33.3 Å². The summed E-state index contributed by atoms with van der Waals surface area (Å²) < 4.78 is 0.988. The van der Waals surface area contributed by atoms with Gasteiger partial charge in [-0.25, -0.2) is 9.97 Å². The van der Waals surface area contributed by atoms with Crippen molar-refractivity contribution in [3.05, 3.63) is 24.2 Å². The Bertz CT molecular complexity index is 1130. The molecule has 0 radical (unpaired) electrons. The molecule has 2 aliphatic carbocycles. The minimum atomic E-state index is -1.63. The highest BCUT2D eigenvalue weighted by Crippen LogP contribution is 2.43. The largest absolute Gasteiger partial charge is 0.390 e. The maximum atomic E-state index is 11.4. The van der Waals surface area contributed by atoms with Gasteiger partial charge in [-0.3, -0.25) is 4.98 Å². The first kappa shape index (κ1) is 21.4. The van der Waals surface area contributed by atoms with E-state index in [0.717, 1.165) is 23.1 Å². The Hall–Kier alpha value is -2.40. The van der Waals surface area contributed by atoms with E-state index in [4.69, 9.17) is 4.98 Å². The second-order valence-electron chi connectivity index (χ2n) is 9.43. The number of nitrogens with one attached hydrogen (secondary N) is 2. The van der Waals surface area contributed by atoms with Crippen LogP contribution in [-0.4, -0.2) is 58.7 Å². The molecule has 2 aliphatic rings. The van der Waals surface area contributed by atoms with E-state index in [1.54, 1.807) is 26.2 Å². The average molecular weight is 457 g/mol. The molecular weight excluding hydrogens is 428 g/mol. The number of pyridine rings is 1. The number of aromatic nitrogens is 4. The fourth-order valence-electron chi connectivity index (χ4n) is 4.38. The van der Waals surface area contributed by atoms with E-state index >= 15 is 0 Å². The number of aliphatic hydroxyl groups excluding tert-OH is 1. The van der Waals surface area contributed by atoms with Gasteiger partial charge in [0, 0.05) is 18.2 Å².